The number of rotatable bonds is 12. The molecule has 0 saturated carbocycles. The van der Waals surface area contributed by atoms with Gasteiger partial charge in [-0.05, 0) is 60.1 Å². The van der Waals surface area contributed by atoms with Crippen molar-refractivity contribution in [1.29, 1.82) is 0 Å². The first-order valence-electron chi connectivity index (χ1n) is 23.2. The number of phenolic OH excluding ortho intramolecular Hbond substituents is 1. The number of benzene rings is 3. The first-order valence-corrected chi connectivity index (χ1v) is 23.2. The van der Waals surface area contributed by atoms with Crippen molar-refractivity contribution in [2.75, 3.05) is 19.7 Å². The van der Waals surface area contributed by atoms with E-state index in [2.05, 4.69) is 37.2 Å². The predicted octanol–water partition coefficient (Wildman–Crippen LogP) is -0.523. The molecule has 3 aliphatic rings. The maximum atomic E-state index is 14.9. The second-order valence-corrected chi connectivity index (χ2v) is 17.9. The Bertz CT molecular complexity index is 2620. The number of carbonyl (C=O) groups excluding carboxylic acids is 9. The van der Waals surface area contributed by atoms with E-state index < -0.39 is 109 Å². The Kier molecular flexibility index (Phi) is 16.1. The average molecular weight is 964 g/mol. The molecule has 21 heteroatoms. The smallest absolute Gasteiger partial charge is 0.329 e. The molecule has 4 aromatic rings. The lowest BCUT2D eigenvalue weighted by molar-refractivity contribution is -0.149. The summed E-state index contributed by atoms with van der Waals surface area (Å²) in [7, 11) is 0. The largest absolute Gasteiger partial charge is 0.508 e. The summed E-state index contributed by atoms with van der Waals surface area (Å²) in [5.41, 5.74) is 1.92. The summed E-state index contributed by atoms with van der Waals surface area (Å²) in [6.45, 7) is 1.84. The molecule has 8 amide bonds. The van der Waals surface area contributed by atoms with Crippen LogP contribution in [0.5, 0.6) is 5.75 Å². The third-order valence-electron chi connectivity index (χ3n) is 12.5. The van der Waals surface area contributed by atoms with Gasteiger partial charge in [0.2, 0.25) is 41.4 Å². The van der Waals surface area contributed by atoms with Crippen LogP contribution in [0.4, 0.5) is 0 Å². The number of carbonyl (C=O) groups is 9. The summed E-state index contributed by atoms with van der Waals surface area (Å²) in [4.78, 5) is 125. The highest BCUT2D eigenvalue weighted by Gasteiger charge is 2.41. The molecule has 0 radical (unpaired) electrons. The van der Waals surface area contributed by atoms with Gasteiger partial charge in [0.05, 0.1) is 18.7 Å². The lowest BCUT2D eigenvalue weighted by Gasteiger charge is -2.30. The molecule has 2 saturated heterocycles. The fourth-order valence-electron chi connectivity index (χ4n) is 8.80. The van der Waals surface area contributed by atoms with Crippen molar-refractivity contribution in [1.82, 2.24) is 46.7 Å². The number of likely N-dealkylation sites (tertiary alicyclic amines) is 1. The molecule has 70 heavy (non-hydrogen) atoms. The fourth-order valence-corrected chi connectivity index (χ4v) is 8.80. The molecule has 3 aliphatic heterocycles. The molecule has 0 spiro atoms. The van der Waals surface area contributed by atoms with Gasteiger partial charge in [0.1, 0.15) is 48.6 Å². The van der Waals surface area contributed by atoms with Gasteiger partial charge in [-0.3, -0.25) is 38.4 Å². The molecule has 2 fully saturated rings. The highest BCUT2D eigenvalue weighted by molar-refractivity contribution is 5.99. The number of amides is 8. The number of aliphatic hydroxyl groups excluding tert-OH is 1. The van der Waals surface area contributed by atoms with Crippen molar-refractivity contribution in [3.8, 4) is 5.75 Å². The normalized spacial score (nSPS) is 22.7. The van der Waals surface area contributed by atoms with Gasteiger partial charge in [-0.25, -0.2) is 4.79 Å². The summed E-state index contributed by atoms with van der Waals surface area (Å²) in [6, 6.07) is 14.0. The monoisotopic (exact) mass is 963 g/mol. The minimum Gasteiger partial charge on any atom is -0.508 e. The second-order valence-electron chi connectivity index (χ2n) is 17.9. The maximum absolute atomic E-state index is 14.9. The molecule has 1 unspecified atom stereocenters. The lowest BCUT2D eigenvalue weighted by atomic mass is 10.0. The minimum atomic E-state index is -1.68. The Labute approximate surface area is 402 Å². The van der Waals surface area contributed by atoms with Gasteiger partial charge in [0, 0.05) is 37.4 Å². The van der Waals surface area contributed by atoms with Crippen molar-refractivity contribution in [3.63, 3.8) is 0 Å². The van der Waals surface area contributed by atoms with Crippen molar-refractivity contribution in [2.24, 2.45) is 5.92 Å². The topological polar surface area (TPSA) is 296 Å². The highest BCUT2D eigenvalue weighted by atomic mass is 16.5. The van der Waals surface area contributed by atoms with Crippen LogP contribution in [-0.4, -0.2) is 129 Å². The zero-order valence-corrected chi connectivity index (χ0v) is 38.6. The number of aromatic hydroxyl groups is 1. The zero-order valence-electron chi connectivity index (χ0n) is 38.6. The van der Waals surface area contributed by atoms with E-state index >= 15 is 0 Å². The Hall–Kier alpha value is -7.81. The summed E-state index contributed by atoms with van der Waals surface area (Å²) in [5, 5.41) is 39.1. The molecule has 9 N–H and O–H groups in total. The molecule has 2 bridgehead atoms. The van der Waals surface area contributed by atoms with Crippen molar-refractivity contribution >= 4 is 64.1 Å². The van der Waals surface area contributed by atoms with Gasteiger partial charge in [-0.15, -0.1) is 0 Å². The molecule has 7 atom stereocenters. The molecule has 370 valence electrons. The summed E-state index contributed by atoms with van der Waals surface area (Å²) < 4.78 is 7.08. The van der Waals surface area contributed by atoms with Crippen molar-refractivity contribution < 1.29 is 58.1 Å². The van der Waals surface area contributed by atoms with Crippen LogP contribution >= 0.6 is 0 Å². The number of phenols is 1. The number of aromatic nitrogens is 1. The van der Waals surface area contributed by atoms with E-state index in [1.165, 1.54) is 27.8 Å². The van der Waals surface area contributed by atoms with Crippen LogP contribution in [-0.2, 0) is 67.3 Å². The van der Waals surface area contributed by atoms with Gasteiger partial charge >= 0.3 is 5.97 Å². The summed E-state index contributed by atoms with van der Waals surface area (Å²) >= 11 is 0. The van der Waals surface area contributed by atoms with Crippen LogP contribution in [0, 0.1) is 5.92 Å². The number of esters is 1. The van der Waals surface area contributed by atoms with Gasteiger partial charge in [0.15, 0.2) is 6.17 Å². The van der Waals surface area contributed by atoms with E-state index in [0.29, 0.717) is 34.0 Å². The minimum absolute atomic E-state index is 0.0506. The van der Waals surface area contributed by atoms with Crippen LogP contribution in [0.3, 0.4) is 0 Å². The molecule has 4 heterocycles. The van der Waals surface area contributed by atoms with Crippen molar-refractivity contribution in [2.45, 2.75) is 101 Å². The van der Waals surface area contributed by atoms with E-state index in [4.69, 9.17) is 4.74 Å². The van der Waals surface area contributed by atoms with Crippen LogP contribution in [0.2, 0.25) is 0 Å². The highest BCUT2D eigenvalue weighted by Crippen LogP contribution is 2.27. The van der Waals surface area contributed by atoms with E-state index in [0.717, 1.165) is 0 Å². The first-order chi connectivity index (χ1) is 33.6. The van der Waals surface area contributed by atoms with Gasteiger partial charge < -0.3 is 61.6 Å². The Balaban J connectivity index is 1.26. The average Bonchev–Trinajstić information content (AvgIpc) is 4.12. The third-order valence-corrected chi connectivity index (χ3v) is 12.5. The number of nitrogens with one attached hydrogen (secondary N) is 7. The standard InChI is InChI=1S/C49H57N9O12/c1-27(2)41-46(66)50-23-40(62)52-36(25-59)44(64)54-35(49(69)70-26-29-9-4-3-5-10-29)22-30-24-58(37-12-7-6-11-32(30)37)42(47(67)55-41)56-43(63)34(21-28-14-16-31(60)17-15-28)53-45(65)38-13-8-20-57(38)48(68)33-18-19-39(61)51-33/h3-7,9-12,14-17,24,27,33-36,38,41-42,59-60H,8,13,18-23,25-26H2,1-2H3,(H,50,66)(H,51,61)(H,52,62)(H,53,65)(H,54,64)(H,55,67)(H,56,63)/t33-,34-,35-,36+,38-,41+,42?/m0/s1. The quantitative estimate of drug-likeness (QED) is 0.0811. The Morgan fingerprint density at radius 2 is 1.53 bits per heavy atom. The molecule has 0 aliphatic carbocycles. The first kappa shape index (κ1) is 50.1. The van der Waals surface area contributed by atoms with Gasteiger partial charge in [-0.2, -0.15) is 0 Å². The molecular formula is C49H57N9O12. The van der Waals surface area contributed by atoms with E-state index in [9.17, 15) is 53.4 Å². The number of hydrogen-bond acceptors (Lipinski definition) is 12. The predicted molar refractivity (Wildman–Crippen MR) is 249 cm³/mol. The van der Waals surface area contributed by atoms with Gasteiger partial charge in [-0.1, -0.05) is 74.5 Å². The number of ether oxygens (including phenoxy) is 1. The summed E-state index contributed by atoms with van der Waals surface area (Å²) in [5.74, 6) is -7.19. The van der Waals surface area contributed by atoms with Crippen LogP contribution < -0.4 is 37.2 Å². The SMILES string of the molecule is CC(C)[C@H]1NC(=O)C(NC(=O)[C@H](Cc2ccc(O)cc2)NC(=O)[C@@H]2CCCN2C(=O)[C@@H]2CCC(=O)N2)n2cc(c3ccccc32)C[C@@H](C(=O)OCc2ccccc2)NC(=O)[C@@H](CO)NC(=O)CNC1=O. The molecule has 1 aromatic heterocycles. The number of para-hydroxylation sites is 1. The number of hydrogen-bond donors (Lipinski definition) is 9. The zero-order chi connectivity index (χ0) is 50.1. The fraction of sp³-hybridized carbons (Fsp3) is 0.408. The third kappa shape index (κ3) is 12.1. The maximum Gasteiger partial charge on any atom is 0.329 e. The molecule has 7 rings (SSSR count). The van der Waals surface area contributed by atoms with Crippen molar-refractivity contribution in [3.05, 3.63) is 102 Å². The van der Waals surface area contributed by atoms with Crippen LogP contribution in [0.15, 0.2) is 85.1 Å². The molecule has 3 aromatic carbocycles. The molecular weight excluding hydrogens is 907 g/mol. The van der Waals surface area contributed by atoms with E-state index in [-0.39, 0.29) is 56.9 Å². The number of aliphatic hydroxyl groups is 1. The van der Waals surface area contributed by atoms with Gasteiger partial charge in [0.25, 0.3) is 5.91 Å². The lowest BCUT2D eigenvalue weighted by Crippen LogP contribution is -2.58. The van der Waals surface area contributed by atoms with E-state index in [1.807, 2.05) is 0 Å². The van der Waals surface area contributed by atoms with Crippen LogP contribution in [0.1, 0.15) is 62.4 Å². The number of fused-ring (bicyclic) bond motifs is 5. The Morgan fingerprint density at radius 1 is 0.800 bits per heavy atom. The molecule has 21 nitrogen and oxygen atoms in total. The van der Waals surface area contributed by atoms with Crippen LogP contribution in [0.25, 0.3) is 10.9 Å². The summed E-state index contributed by atoms with van der Waals surface area (Å²) in [6.07, 6.45) is 0.635. The Morgan fingerprint density at radius 3 is 2.23 bits per heavy atom. The second kappa shape index (κ2) is 22.5. The number of nitrogens with zero attached hydrogens (tertiary/aromatic N) is 2. The van der Waals surface area contributed by atoms with E-state index in [1.54, 1.807) is 80.6 Å².